The molecule has 4 rings (SSSR count). The van der Waals surface area contributed by atoms with Crippen molar-refractivity contribution in [3.05, 3.63) is 71.4 Å². The molecule has 0 saturated heterocycles. The fourth-order valence-corrected chi connectivity index (χ4v) is 3.00. The fourth-order valence-electron chi connectivity index (χ4n) is 3.00. The van der Waals surface area contributed by atoms with Crippen molar-refractivity contribution >= 4 is 11.6 Å². The van der Waals surface area contributed by atoms with Crippen LogP contribution in [0.3, 0.4) is 0 Å². The lowest BCUT2D eigenvalue weighted by atomic mass is 10.1. The number of furan rings is 1. The van der Waals surface area contributed by atoms with E-state index >= 15 is 0 Å². The summed E-state index contributed by atoms with van der Waals surface area (Å²) >= 11 is 0. The van der Waals surface area contributed by atoms with Crippen molar-refractivity contribution in [2.24, 2.45) is 0 Å². The van der Waals surface area contributed by atoms with Crippen LogP contribution >= 0.6 is 0 Å². The van der Waals surface area contributed by atoms with Crippen LogP contribution in [0.2, 0.25) is 0 Å². The number of carbonyl (C=O) groups is 1. The summed E-state index contributed by atoms with van der Waals surface area (Å²) in [7, 11) is 0. The van der Waals surface area contributed by atoms with Gasteiger partial charge in [-0.2, -0.15) is 31.4 Å². The normalized spacial score (nSPS) is 12.2. The van der Waals surface area contributed by atoms with Crippen LogP contribution in [-0.4, -0.2) is 20.8 Å². The van der Waals surface area contributed by atoms with E-state index in [2.05, 4.69) is 15.6 Å². The monoisotopic (exact) mass is 470 g/mol. The second-order valence-electron chi connectivity index (χ2n) is 6.79. The number of benzene rings is 1. The van der Waals surface area contributed by atoms with Crippen LogP contribution < -0.4 is 5.32 Å². The third-order valence-electron chi connectivity index (χ3n) is 4.62. The molecule has 0 radical (unpaired) electrons. The predicted octanol–water partition coefficient (Wildman–Crippen LogP) is 5.72. The van der Waals surface area contributed by atoms with E-state index in [-0.39, 0.29) is 28.9 Å². The highest BCUT2D eigenvalue weighted by molar-refractivity contribution is 6.03. The van der Waals surface area contributed by atoms with E-state index < -0.39 is 35.1 Å². The van der Waals surface area contributed by atoms with Crippen molar-refractivity contribution < 1.29 is 40.1 Å². The molecule has 0 aliphatic carbocycles. The summed E-state index contributed by atoms with van der Waals surface area (Å²) in [6.07, 6.45) is -7.57. The molecule has 4 aromatic rings. The minimum absolute atomic E-state index is 0.0142. The van der Waals surface area contributed by atoms with E-state index in [9.17, 15) is 31.1 Å². The number of nitrogens with one attached hydrogen (secondary N) is 1. The van der Waals surface area contributed by atoms with Crippen molar-refractivity contribution in [2.45, 2.75) is 19.3 Å². The Morgan fingerprint density at radius 1 is 1.03 bits per heavy atom. The largest absolute Gasteiger partial charge is 0.461 e. The van der Waals surface area contributed by atoms with Gasteiger partial charge in [0.15, 0.2) is 11.5 Å². The topological polar surface area (TPSA) is 86.1 Å². The lowest BCUT2D eigenvalue weighted by Crippen LogP contribution is -2.16. The minimum Gasteiger partial charge on any atom is -0.461 e. The van der Waals surface area contributed by atoms with Crippen LogP contribution in [-0.2, 0) is 12.4 Å². The van der Waals surface area contributed by atoms with Crippen LogP contribution in [0.15, 0.2) is 57.8 Å². The molecular formula is C20H12F6N4O3. The summed E-state index contributed by atoms with van der Waals surface area (Å²) in [6.45, 7) is 1.34. The molecule has 0 bridgehead atoms. The zero-order chi connectivity index (χ0) is 24.0. The third-order valence-corrected chi connectivity index (χ3v) is 4.62. The van der Waals surface area contributed by atoms with Gasteiger partial charge in [-0.25, -0.2) is 4.68 Å². The Morgan fingerprint density at radius 2 is 1.79 bits per heavy atom. The summed E-state index contributed by atoms with van der Waals surface area (Å²) in [5.74, 6) is -0.243. The number of halogens is 6. The van der Waals surface area contributed by atoms with E-state index in [1.54, 1.807) is 12.1 Å². The van der Waals surface area contributed by atoms with Gasteiger partial charge >= 0.3 is 12.4 Å². The maximum atomic E-state index is 13.5. The SMILES string of the molecule is Cc1c(NC(=O)c2cc(-c3ccco3)on2)cnn1-c1ccc(C(F)(F)F)cc1C(F)(F)F. The zero-order valence-corrected chi connectivity index (χ0v) is 16.5. The number of carbonyl (C=O) groups excluding carboxylic acids is 1. The minimum atomic E-state index is -5.08. The Balaban J connectivity index is 1.64. The Hall–Kier alpha value is -4.03. The summed E-state index contributed by atoms with van der Waals surface area (Å²) in [5, 5.41) is 9.85. The molecular weight excluding hydrogens is 458 g/mol. The smallest absolute Gasteiger partial charge is 0.418 e. The quantitative estimate of drug-likeness (QED) is 0.386. The standard InChI is InChI=1S/C20H12F6N4O3/c1-10-14(28-18(31)13-8-17(33-29-13)16-3-2-6-32-16)9-27-30(10)15-5-4-11(19(21,22)23)7-12(15)20(24,25)26/h2-9H,1H3,(H,28,31). The summed E-state index contributed by atoms with van der Waals surface area (Å²) in [5.41, 5.74) is -3.68. The molecule has 0 spiro atoms. The van der Waals surface area contributed by atoms with Crippen LogP contribution in [0.25, 0.3) is 17.2 Å². The van der Waals surface area contributed by atoms with E-state index in [4.69, 9.17) is 8.94 Å². The van der Waals surface area contributed by atoms with Gasteiger partial charge in [0, 0.05) is 6.07 Å². The first-order valence-electron chi connectivity index (χ1n) is 9.10. The average Bonchev–Trinajstić information content (AvgIpc) is 3.48. The predicted molar refractivity (Wildman–Crippen MR) is 100 cm³/mol. The number of alkyl halides is 6. The highest BCUT2D eigenvalue weighted by Crippen LogP contribution is 2.39. The van der Waals surface area contributed by atoms with Gasteiger partial charge in [-0.3, -0.25) is 4.79 Å². The van der Waals surface area contributed by atoms with Crippen LogP contribution in [0.4, 0.5) is 32.0 Å². The van der Waals surface area contributed by atoms with Crippen molar-refractivity contribution in [3.8, 4) is 17.2 Å². The second kappa shape index (κ2) is 7.83. The van der Waals surface area contributed by atoms with Gasteiger partial charge in [0.2, 0.25) is 5.76 Å². The second-order valence-corrected chi connectivity index (χ2v) is 6.79. The molecule has 0 fully saturated rings. The van der Waals surface area contributed by atoms with Crippen LogP contribution in [0.5, 0.6) is 0 Å². The number of rotatable bonds is 4. The van der Waals surface area contributed by atoms with Gasteiger partial charge < -0.3 is 14.3 Å². The third kappa shape index (κ3) is 4.33. The highest BCUT2D eigenvalue weighted by atomic mass is 19.4. The van der Waals surface area contributed by atoms with E-state index in [0.717, 1.165) is 10.9 Å². The molecule has 0 aliphatic rings. The molecule has 3 heterocycles. The van der Waals surface area contributed by atoms with Crippen LogP contribution in [0, 0.1) is 6.92 Å². The van der Waals surface area contributed by atoms with Crippen molar-refractivity contribution in [1.82, 2.24) is 14.9 Å². The molecule has 7 nitrogen and oxygen atoms in total. The Kier molecular flexibility index (Phi) is 5.26. The maximum Gasteiger partial charge on any atom is 0.418 e. The molecule has 0 unspecified atom stereocenters. The first-order valence-corrected chi connectivity index (χ1v) is 9.10. The first kappa shape index (κ1) is 22.2. The number of amides is 1. The molecule has 1 amide bonds. The molecule has 0 atom stereocenters. The molecule has 3 aromatic heterocycles. The lowest BCUT2D eigenvalue weighted by molar-refractivity contribution is -0.143. The average molecular weight is 470 g/mol. The fraction of sp³-hybridized carbons (Fsp3) is 0.150. The molecule has 13 heteroatoms. The first-order chi connectivity index (χ1) is 15.4. The molecule has 1 N–H and O–H groups in total. The Bertz CT molecular complexity index is 1300. The number of hydrogen-bond donors (Lipinski definition) is 1. The zero-order valence-electron chi connectivity index (χ0n) is 16.5. The number of anilines is 1. The molecule has 33 heavy (non-hydrogen) atoms. The van der Waals surface area contributed by atoms with Crippen molar-refractivity contribution in [3.63, 3.8) is 0 Å². The number of nitrogens with zero attached hydrogens (tertiary/aromatic N) is 3. The molecule has 1 aromatic carbocycles. The molecule has 172 valence electrons. The maximum absolute atomic E-state index is 13.5. The molecule has 0 saturated carbocycles. The van der Waals surface area contributed by atoms with Gasteiger partial charge in [-0.15, -0.1) is 0 Å². The van der Waals surface area contributed by atoms with Gasteiger partial charge in [0.1, 0.15) is 0 Å². The van der Waals surface area contributed by atoms with E-state index in [0.29, 0.717) is 17.9 Å². The van der Waals surface area contributed by atoms with Crippen molar-refractivity contribution in [1.29, 1.82) is 0 Å². The van der Waals surface area contributed by atoms with Crippen LogP contribution in [0.1, 0.15) is 27.3 Å². The van der Waals surface area contributed by atoms with Gasteiger partial charge in [-0.1, -0.05) is 5.16 Å². The van der Waals surface area contributed by atoms with Gasteiger partial charge in [0.05, 0.1) is 40.7 Å². The Labute approximate surface area is 180 Å². The highest BCUT2D eigenvalue weighted by Gasteiger charge is 2.39. The number of hydrogen-bond acceptors (Lipinski definition) is 5. The lowest BCUT2D eigenvalue weighted by Gasteiger charge is -2.17. The summed E-state index contributed by atoms with van der Waals surface area (Å²) < 4.78 is 90.1. The van der Waals surface area contributed by atoms with E-state index in [1.807, 2.05) is 0 Å². The number of aromatic nitrogens is 3. The Morgan fingerprint density at radius 3 is 2.42 bits per heavy atom. The van der Waals surface area contributed by atoms with Gasteiger partial charge in [-0.05, 0) is 37.3 Å². The summed E-state index contributed by atoms with van der Waals surface area (Å²) in [6, 6.07) is 5.69. The van der Waals surface area contributed by atoms with Crippen molar-refractivity contribution in [2.75, 3.05) is 5.32 Å². The summed E-state index contributed by atoms with van der Waals surface area (Å²) in [4.78, 5) is 12.5. The van der Waals surface area contributed by atoms with Gasteiger partial charge in [0.25, 0.3) is 5.91 Å². The molecule has 0 aliphatic heterocycles. The van der Waals surface area contributed by atoms with E-state index in [1.165, 1.54) is 19.3 Å².